The van der Waals surface area contributed by atoms with Gasteiger partial charge in [-0.05, 0) is 18.9 Å². The van der Waals surface area contributed by atoms with E-state index in [9.17, 15) is 5.11 Å². The molecule has 152 valence electrons. The van der Waals surface area contributed by atoms with Crippen LogP contribution in [0.25, 0.3) is 5.65 Å². The summed E-state index contributed by atoms with van der Waals surface area (Å²) in [7, 11) is 1.59. The minimum absolute atomic E-state index is 0.00413. The summed E-state index contributed by atoms with van der Waals surface area (Å²) >= 11 is 0. The van der Waals surface area contributed by atoms with Gasteiger partial charge in [-0.3, -0.25) is 4.90 Å². The largest absolute Gasteiger partial charge is 0.504 e. The van der Waals surface area contributed by atoms with Crippen LogP contribution in [0.1, 0.15) is 62.2 Å². The summed E-state index contributed by atoms with van der Waals surface area (Å²) in [6, 6.07) is 8.60. The number of benzene rings is 1. The average Bonchev–Trinajstić information content (AvgIpc) is 3.24. The summed E-state index contributed by atoms with van der Waals surface area (Å²) in [6.07, 6.45) is 5.27. The van der Waals surface area contributed by atoms with Crippen LogP contribution in [0.4, 0.5) is 0 Å². The van der Waals surface area contributed by atoms with Gasteiger partial charge < -0.3 is 9.84 Å². The predicted octanol–water partition coefficient (Wildman–Crippen LogP) is 4.00. The molecule has 0 amide bonds. The standard InChI is InChI=1S/C23H28N4O2/c1-23(2,3)20-11-21-24-12-16-17-9-8-15(10-18(16)27(21)25-20)26(17)13-14-6-5-7-19(29-4)22(14)28/h5-7,11-12,15,17,28H,8-10,13H2,1-4H3. The van der Waals surface area contributed by atoms with Gasteiger partial charge in [-0.1, -0.05) is 32.9 Å². The summed E-state index contributed by atoms with van der Waals surface area (Å²) in [5.74, 6) is 0.776. The maximum Gasteiger partial charge on any atom is 0.162 e. The molecule has 6 nitrogen and oxygen atoms in total. The lowest BCUT2D eigenvalue weighted by Gasteiger charge is -2.36. The van der Waals surface area contributed by atoms with E-state index in [0.717, 1.165) is 36.2 Å². The number of methoxy groups -OCH3 is 1. The van der Waals surface area contributed by atoms with Crippen molar-refractivity contribution in [2.24, 2.45) is 0 Å². The second-order valence-corrected chi connectivity index (χ2v) is 9.30. The molecule has 2 aliphatic heterocycles. The van der Waals surface area contributed by atoms with E-state index in [-0.39, 0.29) is 11.2 Å². The Bertz CT molecular complexity index is 1080. The van der Waals surface area contributed by atoms with E-state index in [1.54, 1.807) is 13.2 Å². The first kappa shape index (κ1) is 18.4. The van der Waals surface area contributed by atoms with Gasteiger partial charge in [0.1, 0.15) is 0 Å². The molecular weight excluding hydrogens is 364 g/mol. The van der Waals surface area contributed by atoms with Crippen molar-refractivity contribution in [2.45, 2.75) is 64.1 Å². The maximum absolute atomic E-state index is 10.5. The number of fused-ring (bicyclic) bond motifs is 6. The number of ether oxygens (including phenoxy) is 1. The van der Waals surface area contributed by atoms with Crippen LogP contribution in [-0.2, 0) is 18.4 Å². The lowest BCUT2D eigenvalue weighted by molar-refractivity contribution is 0.163. The van der Waals surface area contributed by atoms with Crippen LogP contribution in [0.3, 0.4) is 0 Å². The van der Waals surface area contributed by atoms with Crippen LogP contribution >= 0.6 is 0 Å². The lowest BCUT2D eigenvalue weighted by atomic mass is 9.93. The van der Waals surface area contributed by atoms with Gasteiger partial charge in [-0.25, -0.2) is 9.50 Å². The molecule has 0 radical (unpaired) electrons. The van der Waals surface area contributed by atoms with E-state index in [0.29, 0.717) is 24.4 Å². The molecule has 3 aromatic rings. The first-order valence-corrected chi connectivity index (χ1v) is 10.4. The van der Waals surface area contributed by atoms with Gasteiger partial charge in [-0.2, -0.15) is 5.10 Å². The zero-order valence-electron chi connectivity index (χ0n) is 17.5. The van der Waals surface area contributed by atoms with Gasteiger partial charge in [0.15, 0.2) is 17.1 Å². The van der Waals surface area contributed by atoms with Gasteiger partial charge in [0, 0.05) is 53.9 Å². The third-order valence-electron chi connectivity index (χ3n) is 6.47. The van der Waals surface area contributed by atoms with Gasteiger partial charge in [0.2, 0.25) is 0 Å². The smallest absolute Gasteiger partial charge is 0.162 e. The average molecular weight is 393 g/mol. The van der Waals surface area contributed by atoms with Crippen LogP contribution in [-0.4, -0.2) is 37.8 Å². The molecular formula is C23H28N4O2. The maximum atomic E-state index is 10.5. The monoisotopic (exact) mass is 392 g/mol. The number of hydrogen-bond donors (Lipinski definition) is 1. The van der Waals surface area contributed by atoms with E-state index < -0.39 is 0 Å². The quantitative estimate of drug-likeness (QED) is 0.730. The summed E-state index contributed by atoms with van der Waals surface area (Å²) in [5.41, 5.74) is 5.50. The van der Waals surface area contributed by atoms with Crippen molar-refractivity contribution < 1.29 is 9.84 Å². The summed E-state index contributed by atoms with van der Waals surface area (Å²) in [5, 5.41) is 15.5. The minimum atomic E-state index is 0.00413. The molecule has 1 N–H and O–H groups in total. The Morgan fingerprint density at radius 1 is 1.24 bits per heavy atom. The van der Waals surface area contributed by atoms with Crippen molar-refractivity contribution in [3.05, 3.63) is 53.0 Å². The summed E-state index contributed by atoms with van der Waals surface area (Å²) in [4.78, 5) is 7.25. The Morgan fingerprint density at radius 3 is 2.83 bits per heavy atom. The summed E-state index contributed by atoms with van der Waals surface area (Å²) < 4.78 is 7.36. The molecule has 2 aromatic heterocycles. The first-order chi connectivity index (χ1) is 13.9. The number of aromatic nitrogens is 3. The number of nitrogens with zero attached hydrogens (tertiary/aromatic N) is 4. The van der Waals surface area contributed by atoms with Gasteiger partial charge in [0.05, 0.1) is 18.5 Å². The zero-order valence-corrected chi connectivity index (χ0v) is 17.5. The molecule has 2 unspecified atom stereocenters. The number of rotatable bonds is 3. The summed E-state index contributed by atoms with van der Waals surface area (Å²) in [6.45, 7) is 7.27. The highest BCUT2D eigenvalue weighted by Gasteiger charge is 2.41. The highest BCUT2D eigenvalue weighted by molar-refractivity contribution is 5.47. The molecule has 6 heteroatoms. The SMILES string of the molecule is COc1cccc(CN2C3CCC2c2cnc4cc(C(C)(C)C)nn4c2C3)c1O. The van der Waals surface area contributed by atoms with E-state index in [1.165, 1.54) is 11.3 Å². The van der Waals surface area contributed by atoms with Crippen molar-refractivity contribution >= 4 is 5.65 Å². The van der Waals surface area contributed by atoms with E-state index in [4.69, 9.17) is 14.8 Å². The van der Waals surface area contributed by atoms with Crippen molar-refractivity contribution in [1.29, 1.82) is 0 Å². The molecule has 2 atom stereocenters. The first-order valence-electron chi connectivity index (χ1n) is 10.4. The van der Waals surface area contributed by atoms with Crippen LogP contribution in [0, 0.1) is 0 Å². The van der Waals surface area contributed by atoms with E-state index in [1.807, 2.05) is 18.3 Å². The van der Waals surface area contributed by atoms with Gasteiger partial charge >= 0.3 is 0 Å². The Hall–Kier alpha value is -2.60. The van der Waals surface area contributed by atoms with Crippen LogP contribution in [0.2, 0.25) is 0 Å². The molecule has 1 saturated heterocycles. The van der Waals surface area contributed by atoms with E-state index >= 15 is 0 Å². The Balaban J connectivity index is 1.52. The number of hydrogen-bond acceptors (Lipinski definition) is 5. The molecule has 2 aliphatic rings. The van der Waals surface area contributed by atoms with E-state index in [2.05, 4.69) is 36.3 Å². The fourth-order valence-electron chi connectivity index (χ4n) is 4.85. The zero-order chi connectivity index (χ0) is 20.3. The van der Waals surface area contributed by atoms with Crippen molar-refractivity contribution in [3.8, 4) is 11.5 Å². The Kier molecular flexibility index (Phi) is 4.10. The van der Waals surface area contributed by atoms with Crippen LogP contribution < -0.4 is 4.74 Å². The minimum Gasteiger partial charge on any atom is -0.504 e. The third kappa shape index (κ3) is 2.89. The van der Waals surface area contributed by atoms with Crippen molar-refractivity contribution in [2.75, 3.05) is 7.11 Å². The number of para-hydroxylation sites is 1. The molecule has 5 rings (SSSR count). The molecule has 29 heavy (non-hydrogen) atoms. The second-order valence-electron chi connectivity index (χ2n) is 9.30. The fourth-order valence-corrected chi connectivity index (χ4v) is 4.85. The highest BCUT2D eigenvalue weighted by atomic mass is 16.5. The molecule has 0 aliphatic carbocycles. The topological polar surface area (TPSA) is 62.9 Å². The number of phenolic OH excluding ortho intramolecular Hbond substituents is 1. The fraction of sp³-hybridized carbons (Fsp3) is 0.478. The molecule has 2 bridgehead atoms. The second kappa shape index (κ2) is 6.46. The van der Waals surface area contributed by atoms with Gasteiger partial charge in [0.25, 0.3) is 0 Å². The highest BCUT2D eigenvalue weighted by Crippen LogP contribution is 2.45. The molecule has 1 aromatic carbocycles. The Morgan fingerprint density at radius 2 is 2.07 bits per heavy atom. The normalized spacial score (nSPS) is 21.5. The van der Waals surface area contributed by atoms with Crippen molar-refractivity contribution in [1.82, 2.24) is 19.5 Å². The number of phenols is 1. The van der Waals surface area contributed by atoms with Crippen molar-refractivity contribution in [3.63, 3.8) is 0 Å². The molecule has 0 saturated carbocycles. The van der Waals surface area contributed by atoms with Crippen LogP contribution in [0.15, 0.2) is 30.5 Å². The third-order valence-corrected chi connectivity index (χ3v) is 6.47. The molecule has 4 heterocycles. The Labute approximate surface area is 171 Å². The van der Waals surface area contributed by atoms with Crippen LogP contribution in [0.5, 0.6) is 11.5 Å². The predicted molar refractivity (Wildman–Crippen MR) is 111 cm³/mol. The lowest BCUT2D eigenvalue weighted by Crippen LogP contribution is -2.38. The molecule has 1 fully saturated rings. The van der Waals surface area contributed by atoms with Gasteiger partial charge in [-0.15, -0.1) is 0 Å². The number of aromatic hydroxyl groups is 1. The molecule has 0 spiro atoms.